The van der Waals surface area contributed by atoms with Gasteiger partial charge >= 0.3 is 5.97 Å². The smallest absolute Gasteiger partial charge is 0.307 e. The lowest BCUT2D eigenvalue weighted by molar-refractivity contribution is -0.135. The molecule has 0 fully saturated rings. The molecule has 2 aliphatic carbocycles. The van der Waals surface area contributed by atoms with Crippen molar-refractivity contribution in [3.05, 3.63) is 40.5 Å². The van der Waals surface area contributed by atoms with Crippen molar-refractivity contribution in [3.8, 4) is 0 Å². The van der Waals surface area contributed by atoms with E-state index in [0.29, 0.717) is 0 Å². The number of hydrogen-bond acceptors (Lipinski definition) is 1. The Morgan fingerprint density at radius 2 is 1.68 bits per heavy atom. The average Bonchev–Trinajstić information content (AvgIpc) is 2.43. The van der Waals surface area contributed by atoms with Gasteiger partial charge < -0.3 is 5.11 Å². The lowest BCUT2D eigenvalue weighted by Crippen LogP contribution is -2.34. The molecule has 118 valence electrons. The maximum Gasteiger partial charge on any atom is 0.307 e. The number of allylic oxidation sites excluding steroid dienone is 1. The zero-order chi connectivity index (χ0) is 16.1. The summed E-state index contributed by atoms with van der Waals surface area (Å²) in [7, 11) is 0. The van der Waals surface area contributed by atoms with Crippen LogP contribution in [0.1, 0.15) is 75.6 Å². The highest BCUT2D eigenvalue weighted by Crippen LogP contribution is 2.48. The van der Waals surface area contributed by atoms with Crippen molar-refractivity contribution in [1.29, 1.82) is 0 Å². The summed E-state index contributed by atoms with van der Waals surface area (Å²) >= 11 is 0. The zero-order valence-electron chi connectivity index (χ0n) is 14.1. The van der Waals surface area contributed by atoms with Crippen molar-refractivity contribution in [1.82, 2.24) is 0 Å². The third-order valence-electron chi connectivity index (χ3n) is 5.57. The first-order valence-electron chi connectivity index (χ1n) is 8.30. The van der Waals surface area contributed by atoms with Crippen LogP contribution in [0.4, 0.5) is 0 Å². The van der Waals surface area contributed by atoms with Gasteiger partial charge in [-0.3, -0.25) is 4.79 Å². The molecule has 0 amide bonds. The highest BCUT2D eigenvalue weighted by atomic mass is 16.4. The second-order valence-corrected chi connectivity index (χ2v) is 8.16. The number of aryl methyl sites for hydroxylation is 1. The van der Waals surface area contributed by atoms with Gasteiger partial charge in [-0.25, -0.2) is 0 Å². The fourth-order valence-electron chi connectivity index (χ4n) is 4.01. The summed E-state index contributed by atoms with van der Waals surface area (Å²) in [5.41, 5.74) is 6.79. The first-order chi connectivity index (χ1) is 10.2. The number of rotatable bonds is 2. The molecule has 0 unspecified atom stereocenters. The minimum atomic E-state index is -0.739. The van der Waals surface area contributed by atoms with Crippen LogP contribution < -0.4 is 0 Å². The summed E-state index contributed by atoms with van der Waals surface area (Å²) < 4.78 is 0. The van der Waals surface area contributed by atoms with Gasteiger partial charge in [0.1, 0.15) is 0 Å². The molecule has 22 heavy (non-hydrogen) atoms. The molecule has 0 heterocycles. The standard InChI is InChI=1S/C20H26O2/c1-19(2)8-9-20(3,4)17-12-15-13(10-16(17)19)6-5-7-14(15)11-18(21)22/h7,10,12H,5-6,8-9,11H2,1-4H3,(H,21,22). The minimum Gasteiger partial charge on any atom is -0.481 e. The van der Waals surface area contributed by atoms with E-state index in [1.54, 1.807) is 0 Å². The Morgan fingerprint density at radius 3 is 2.27 bits per heavy atom. The molecule has 1 N–H and O–H groups in total. The van der Waals surface area contributed by atoms with Gasteiger partial charge in [-0.1, -0.05) is 45.9 Å². The highest BCUT2D eigenvalue weighted by Gasteiger charge is 2.38. The van der Waals surface area contributed by atoms with E-state index >= 15 is 0 Å². The van der Waals surface area contributed by atoms with Crippen LogP contribution in [0.15, 0.2) is 18.2 Å². The predicted molar refractivity (Wildman–Crippen MR) is 90.3 cm³/mol. The van der Waals surface area contributed by atoms with Gasteiger partial charge in [0.25, 0.3) is 0 Å². The largest absolute Gasteiger partial charge is 0.481 e. The number of carbonyl (C=O) groups is 1. The summed E-state index contributed by atoms with van der Waals surface area (Å²) in [6, 6.07) is 4.68. The monoisotopic (exact) mass is 298 g/mol. The van der Waals surface area contributed by atoms with Gasteiger partial charge in [0.05, 0.1) is 6.42 Å². The van der Waals surface area contributed by atoms with Crippen molar-refractivity contribution in [2.75, 3.05) is 0 Å². The van der Waals surface area contributed by atoms with Gasteiger partial charge in [0.15, 0.2) is 0 Å². The second kappa shape index (κ2) is 4.97. The van der Waals surface area contributed by atoms with Crippen LogP contribution in [0.3, 0.4) is 0 Å². The topological polar surface area (TPSA) is 37.3 Å². The van der Waals surface area contributed by atoms with E-state index < -0.39 is 5.97 Å². The van der Waals surface area contributed by atoms with Crippen LogP contribution in [0.2, 0.25) is 0 Å². The molecule has 1 aromatic rings. The molecule has 0 aliphatic heterocycles. The molecule has 0 aromatic heterocycles. The molecule has 0 saturated carbocycles. The lowest BCUT2D eigenvalue weighted by atomic mass is 9.62. The van der Waals surface area contributed by atoms with E-state index in [9.17, 15) is 9.90 Å². The minimum absolute atomic E-state index is 0.135. The van der Waals surface area contributed by atoms with Crippen molar-refractivity contribution >= 4 is 11.5 Å². The Kier molecular flexibility index (Phi) is 3.47. The van der Waals surface area contributed by atoms with Crippen LogP contribution in [-0.4, -0.2) is 11.1 Å². The van der Waals surface area contributed by atoms with Gasteiger partial charge in [0, 0.05) is 0 Å². The number of benzene rings is 1. The quantitative estimate of drug-likeness (QED) is 0.848. The van der Waals surface area contributed by atoms with Crippen LogP contribution in [0.25, 0.3) is 5.57 Å². The summed E-state index contributed by atoms with van der Waals surface area (Å²) in [6.07, 6.45) is 6.63. The number of aliphatic carboxylic acids is 1. The Labute approximate surface area is 133 Å². The van der Waals surface area contributed by atoms with E-state index in [4.69, 9.17) is 0 Å². The van der Waals surface area contributed by atoms with Gasteiger partial charge in [-0.2, -0.15) is 0 Å². The van der Waals surface area contributed by atoms with Crippen molar-refractivity contribution < 1.29 is 9.90 Å². The molecule has 0 radical (unpaired) electrons. The number of carboxylic acid groups (broad SMARTS) is 1. The molecule has 0 spiro atoms. The molecule has 0 saturated heterocycles. The normalized spacial score (nSPS) is 21.5. The molecular formula is C20H26O2. The van der Waals surface area contributed by atoms with Crippen LogP contribution in [0.5, 0.6) is 0 Å². The summed E-state index contributed by atoms with van der Waals surface area (Å²) in [5.74, 6) is -0.739. The predicted octanol–water partition coefficient (Wildman–Crippen LogP) is 4.84. The Bertz CT molecular complexity index is 663. The van der Waals surface area contributed by atoms with Crippen LogP contribution in [-0.2, 0) is 22.0 Å². The molecule has 2 aliphatic rings. The number of fused-ring (bicyclic) bond motifs is 2. The van der Waals surface area contributed by atoms with Crippen molar-refractivity contribution in [2.45, 2.75) is 70.6 Å². The third kappa shape index (κ3) is 2.49. The Hall–Kier alpha value is -1.57. The molecular weight excluding hydrogens is 272 g/mol. The summed E-state index contributed by atoms with van der Waals surface area (Å²) in [6.45, 7) is 9.31. The van der Waals surface area contributed by atoms with E-state index in [2.05, 4.69) is 45.9 Å². The highest BCUT2D eigenvalue weighted by molar-refractivity contribution is 5.86. The first kappa shape index (κ1) is 15.3. The summed E-state index contributed by atoms with van der Waals surface area (Å²) in [5, 5.41) is 9.17. The van der Waals surface area contributed by atoms with Crippen molar-refractivity contribution in [3.63, 3.8) is 0 Å². The van der Waals surface area contributed by atoms with E-state index in [1.807, 2.05) is 0 Å². The molecule has 1 aromatic carbocycles. The fourth-order valence-corrected chi connectivity index (χ4v) is 4.01. The number of hydrogen-bond donors (Lipinski definition) is 1. The molecule has 0 bridgehead atoms. The molecule has 2 heteroatoms. The fraction of sp³-hybridized carbons (Fsp3) is 0.550. The maximum atomic E-state index is 11.2. The lowest BCUT2D eigenvalue weighted by Gasteiger charge is -2.43. The number of carboxylic acids is 1. The Balaban J connectivity index is 2.17. The zero-order valence-corrected chi connectivity index (χ0v) is 14.1. The van der Waals surface area contributed by atoms with Gasteiger partial charge in [-0.05, 0) is 64.3 Å². The average molecular weight is 298 g/mol. The SMILES string of the molecule is CC1(C)CCC(C)(C)c2cc3c(cc21)CCC=C3CC(=O)O. The van der Waals surface area contributed by atoms with E-state index in [0.717, 1.165) is 18.4 Å². The van der Waals surface area contributed by atoms with Crippen LogP contribution in [0, 0.1) is 0 Å². The summed E-state index contributed by atoms with van der Waals surface area (Å²) in [4.78, 5) is 11.2. The van der Waals surface area contributed by atoms with Crippen LogP contribution >= 0.6 is 0 Å². The second-order valence-electron chi connectivity index (χ2n) is 8.16. The molecule has 0 atom stereocenters. The molecule has 3 rings (SSSR count). The maximum absolute atomic E-state index is 11.2. The van der Waals surface area contributed by atoms with E-state index in [-0.39, 0.29) is 17.3 Å². The third-order valence-corrected chi connectivity index (χ3v) is 5.57. The molecule has 2 nitrogen and oxygen atoms in total. The van der Waals surface area contributed by atoms with E-state index in [1.165, 1.54) is 35.1 Å². The Morgan fingerprint density at radius 1 is 1.09 bits per heavy atom. The van der Waals surface area contributed by atoms with Gasteiger partial charge in [-0.15, -0.1) is 0 Å². The van der Waals surface area contributed by atoms with Crippen molar-refractivity contribution in [2.24, 2.45) is 0 Å². The van der Waals surface area contributed by atoms with Gasteiger partial charge in [0.2, 0.25) is 0 Å². The first-order valence-corrected chi connectivity index (χ1v) is 8.30.